The van der Waals surface area contributed by atoms with Crippen molar-refractivity contribution >= 4 is 19.7 Å². The third-order valence-electron chi connectivity index (χ3n) is 2.15. The molecule has 0 radical (unpaired) electrons. The van der Waals surface area contributed by atoms with Crippen molar-refractivity contribution in [2.75, 3.05) is 0 Å². The number of ether oxygens (including phenoxy) is 1. The van der Waals surface area contributed by atoms with Crippen molar-refractivity contribution in [3.05, 3.63) is 35.5 Å². The molecule has 0 amide bonds. The molecule has 1 heterocycles. The molecule has 1 aromatic heterocycles. The zero-order valence-electron chi connectivity index (χ0n) is 9.93. The Hall–Kier alpha value is -1.74. The van der Waals surface area contributed by atoms with E-state index in [0.29, 0.717) is 18.0 Å². The van der Waals surface area contributed by atoms with Gasteiger partial charge in [0, 0.05) is 16.7 Å². The Morgan fingerprint density at radius 2 is 2.10 bits per heavy atom. The molecule has 0 saturated carbocycles. The molecular weight excluding hydrogens is 318 g/mol. The SMILES string of the molecule is Cc1noc(COc2c(F)cc(F)cc2S(=O)(=O)Cl)n1. The van der Waals surface area contributed by atoms with Gasteiger partial charge in [-0.2, -0.15) is 4.98 Å². The monoisotopic (exact) mass is 324 g/mol. The molecular formula is C10H7ClF2N2O4S. The summed E-state index contributed by atoms with van der Waals surface area (Å²) in [6, 6.07) is 1.03. The summed E-state index contributed by atoms with van der Waals surface area (Å²) < 4.78 is 58.8. The predicted octanol–water partition coefficient (Wildman–Crippen LogP) is 2.16. The lowest BCUT2D eigenvalue weighted by Gasteiger charge is -2.09. The standard InChI is InChI=1S/C10H7ClF2N2O4S/c1-5-14-9(19-15-5)4-18-10-7(13)2-6(12)3-8(10)20(11,16)17/h2-3H,4H2,1H3. The molecule has 0 saturated heterocycles. The molecule has 0 spiro atoms. The molecule has 2 rings (SSSR count). The molecule has 6 nitrogen and oxygen atoms in total. The highest BCUT2D eigenvalue weighted by molar-refractivity contribution is 8.13. The number of nitrogens with zero attached hydrogens (tertiary/aromatic N) is 2. The first-order valence-corrected chi connectivity index (χ1v) is 7.44. The van der Waals surface area contributed by atoms with Crippen LogP contribution in [0.3, 0.4) is 0 Å². The molecule has 0 aliphatic carbocycles. The van der Waals surface area contributed by atoms with E-state index in [1.54, 1.807) is 6.92 Å². The van der Waals surface area contributed by atoms with Crippen LogP contribution >= 0.6 is 10.7 Å². The van der Waals surface area contributed by atoms with E-state index in [-0.39, 0.29) is 12.5 Å². The quantitative estimate of drug-likeness (QED) is 0.802. The van der Waals surface area contributed by atoms with E-state index in [9.17, 15) is 17.2 Å². The summed E-state index contributed by atoms with van der Waals surface area (Å²) in [6.07, 6.45) is 0. The van der Waals surface area contributed by atoms with Gasteiger partial charge in [0.15, 0.2) is 24.0 Å². The van der Waals surface area contributed by atoms with E-state index in [0.717, 1.165) is 0 Å². The van der Waals surface area contributed by atoms with Crippen molar-refractivity contribution in [2.45, 2.75) is 18.4 Å². The van der Waals surface area contributed by atoms with Gasteiger partial charge in [-0.1, -0.05) is 5.16 Å². The first-order valence-electron chi connectivity index (χ1n) is 5.13. The molecule has 0 N–H and O–H groups in total. The second-order valence-corrected chi connectivity index (χ2v) is 6.21. The number of benzene rings is 1. The van der Waals surface area contributed by atoms with Gasteiger partial charge < -0.3 is 9.26 Å². The van der Waals surface area contributed by atoms with Crippen molar-refractivity contribution in [1.29, 1.82) is 0 Å². The van der Waals surface area contributed by atoms with E-state index in [2.05, 4.69) is 10.1 Å². The van der Waals surface area contributed by atoms with Gasteiger partial charge in [-0.3, -0.25) is 0 Å². The molecule has 108 valence electrons. The predicted molar refractivity (Wildman–Crippen MR) is 62.8 cm³/mol. The van der Waals surface area contributed by atoms with Gasteiger partial charge in [0.1, 0.15) is 10.7 Å². The zero-order chi connectivity index (χ0) is 14.9. The fourth-order valence-corrected chi connectivity index (χ4v) is 2.37. The van der Waals surface area contributed by atoms with Crippen LogP contribution in [0.25, 0.3) is 0 Å². The second kappa shape index (κ2) is 5.33. The first-order chi connectivity index (χ1) is 9.27. The van der Waals surface area contributed by atoms with E-state index in [4.69, 9.17) is 19.9 Å². The summed E-state index contributed by atoms with van der Waals surface area (Å²) in [7, 11) is 0.724. The van der Waals surface area contributed by atoms with Crippen LogP contribution in [0.5, 0.6) is 5.75 Å². The average molecular weight is 325 g/mol. The van der Waals surface area contributed by atoms with Crippen LogP contribution in [0, 0.1) is 18.6 Å². The maximum atomic E-state index is 13.6. The highest BCUT2D eigenvalue weighted by Crippen LogP contribution is 2.31. The highest BCUT2D eigenvalue weighted by atomic mass is 35.7. The van der Waals surface area contributed by atoms with Gasteiger partial charge in [0.05, 0.1) is 0 Å². The number of hydrogen-bond donors (Lipinski definition) is 0. The number of rotatable bonds is 4. The number of hydrogen-bond acceptors (Lipinski definition) is 6. The van der Waals surface area contributed by atoms with Gasteiger partial charge in [0.25, 0.3) is 14.9 Å². The van der Waals surface area contributed by atoms with Crippen LogP contribution in [-0.2, 0) is 15.7 Å². The Morgan fingerprint density at radius 3 is 2.65 bits per heavy atom. The Morgan fingerprint density at radius 1 is 1.40 bits per heavy atom. The zero-order valence-corrected chi connectivity index (χ0v) is 11.5. The Labute approximate surface area is 116 Å². The van der Waals surface area contributed by atoms with E-state index < -0.39 is 31.3 Å². The van der Waals surface area contributed by atoms with Crippen molar-refractivity contribution < 1.29 is 26.5 Å². The molecule has 0 atom stereocenters. The molecule has 2 aromatic rings. The molecule has 0 fully saturated rings. The van der Waals surface area contributed by atoms with Crippen molar-refractivity contribution in [1.82, 2.24) is 10.1 Å². The van der Waals surface area contributed by atoms with Crippen LogP contribution < -0.4 is 4.74 Å². The summed E-state index contributed by atoms with van der Waals surface area (Å²) >= 11 is 0. The fourth-order valence-electron chi connectivity index (χ4n) is 1.39. The minimum atomic E-state index is -4.38. The van der Waals surface area contributed by atoms with Crippen molar-refractivity contribution in [3.63, 3.8) is 0 Å². The van der Waals surface area contributed by atoms with Gasteiger partial charge in [-0.15, -0.1) is 0 Å². The van der Waals surface area contributed by atoms with E-state index in [1.165, 1.54) is 0 Å². The lowest BCUT2D eigenvalue weighted by molar-refractivity contribution is 0.228. The Kier molecular flexibility index (Phi) is 3.91. The lowest BCUT2D eigenvalue weighted by atomic mass is 10.3. The van der Waals surface area contributed by atoms with Crippen LogP contribution in [-0.4, -0.2) is 18.6 Å². The number of aromatic nitrogens is 2. The second-order valence-electron chi connectivity index (χ2n) is 3.68. The maximum absolute atomic E-state index is 13.6. The van der Waals surface area contributed by atoms with Crippen LogP contribution in [0.4, 0.5) is 8.78 Å². The van der Waals surface area contributed by atoms with Crippen LogP contribution in [0.2, 0.25) is 0 Å². The summed E-state index contributed by atoms with van der Waals surface area (Å²) in [5, 5.41) is 3.47. The van der Waals surface area contributed by atoms with Gasteiger partial charge in [0.2, 0.25) is 0 Å². The van der Waals surface area contributed by atoms with Crippen molar-refractivity contribution in [2.24, 2.45) is 0 Å². The van der Waals surface area contributed by atoms with E-state index in [1.807, 2.05) is 0 Å². The smallest absolute Gasteiger partial charge is 0.265 e. The van der Waals surface area contributed by atoms with Gasteiger partial charge >= 0.3 is 0 Å². The number of halogens is 3. The normalized spacial score (nSPS) is 11.6. The maximum Gasteiger partial charge on any atom is 0.265 e. The largest absolute Gasteiger partial charge is 0.479 e. The summed E-state index contributed by atoms with van der Waals surface area (Å²) in [4.78, 5) is 2.97. The molecule has 20 heavy (non-hydrogen) atoms. The molecule has 0 bridgehead atoms. The minimum Gasteiger partial charge on any atom is -0.479 e. The summed E-state index contributed by atoms with van der Waals surface area (Å²) in [6.45, 7) is 1.17. The molecule has 1 aromatic carbocycles. The average Bonchev–Trinajstić information content (AvgIpc) is 2.72. The minimum absolute atomic E-state index is 0.00384. The summed E-state index contributed by atoms with van der Waals surface area (Å²) in [5.41, 5.74) is 0. The molecule has 0 unspecified atom stereocenters. The fraction of sp³-hybridized carbons (Fsp3) is 0.200. The van der Waals surface area contributed by atoms with Crippen LogP contribution in [0.15, 0.2) is 21.6 Å². The number of aryl methyl sites for hydroxylation is 1. The molecule has 0 aliphatic heterocycles. The first kappa shape index (κ1) is 14.7. The van der Waals surface area contributed by atoms with E-state index >= 15 is 0 Å². The highest BCUT2D eigenvalue weighted by Gasteiger charge is 2.23. The molecule has 0 aliphatic rings. The topological polar surface area (TPSA) is 82.3 Å². The summed E-state index contributed by atoms with van der Waals surface area (Å²) in [5.74, 6) is -2.68. The Balaban J connectivity index is 2.35. The van der Waals surface area contributed by atoms with Gasteiger partial charge in [-0.25, -0.2) is 17.2 Å². The lowest BCUT2D eigenvalue weighted by Crippen LogP contribution is -2.04. The third-order valence-corrected chi connectivity index (χ3v) is 3.47. The van der Waals surface area contributed by atoms with Crippen molar-refractivity contribution in [3.8, 4) is 5.75 Å². The molecule has 10 heteroatoms. The van der Waals surface area contributed by atoms with Gasteiger partial charge in [-0.05, 0) is 13.0 Å². The van der Waals surface area contributed by atoms with Crippen LogP contribution in [0.1, 0.15) is 11.7 Å². The third kappa shape index (κ3) is 3.23. The Bertz CT molecular complexity index is 748.